The molecule has 3 rings (SSSR count). The maximum Gasteiger partial charge on any atom is 0.116 e. The summed E-state index contributed by atoms with van der Waals surface area (Å²) >= 11 is 0. The number of nitrogens with two attached hydrogens (primary N) is 3. The van der Waals surface area contributed by atoms with Gasteiger partial charge in [0.15, 0.2) is 0 Å². The summed E-state index contributed by atoms with van der Waals surface area (Å²) in [6.07, 6.45) is 0. The molecule has 6 N–H and O–H groups in total. The maximum atomic E-state index is 2.35. The average Bonchev–Trinajstić information content (AvgIpc) is 2.86. The Bertz CT molecular complexity index is 821. The van der Waals surface area contributed by atoms with E-state index in [2.05, 4.69) is 169 Å². The summed E-state index contributed by atoms with van der Waals surface area (Å²) < 4.78 is 0. The molecule has 0 aliphatic heterocycles. The van der Waals surface area contributed by atoms with Crippen molar-refractivity contribution in [2.24, 2.45) is 0 Å². The highest BCUT2D eigenvalue weighted by Gasteiger charge is 2.23. The van der Waals surface area contributed by atoms with E-state index in [1.807, 2.05) is 0 Å². The molecule has 0 fully saturated rings. The molecule has 3 aromatic carbocycles. The highest BCUT2D eigenvalue weighted by atomic mass is 79.9. The van der Waals surface area contributed by atoms with Crippen LogP contribution in [0.15, 0.2) is 91.0 Å². The largest absolute Gasteiger partial charge is 1.00 e. The zero-order valence-electron chi connectivity index (χ0n) is 25.6. The van der Waals surface area contributed by atoms with Crippen LogP contribution in [-0.2, 0) is 16.6 Å². The van der Waals surface area contributed by atoms with Gasteiger partial charge in [-0.15, -0.1) is 0 Å². The smallest absolute Gasteiger partial charge is 0.116 e. The lowest BCUT2D eigenvalue weighted by molar-refractivity contribution is -0.727. The van der Waals surface area contributed by atoms with E-state index >= 15 is 0 Å². The maximum absolute atomic E-state index is 2.35. The topological polar surface area (TPSA) is 49.8 Å². The third-order valence-corrected chi connectivity index (χ3v) is 6.70. The lowest BCUT2D eigenvalue weighted by atomic mass is 9.94. The first-order valence-electron chi connectivity index (χ1n) is 13.7. The summed E-state index contributed by atoms with van der Waals surface area (Å²) in [5.74, 6) is 0. The summed E-state index contributed by atoms with van der Waals surface area (Å²) in [4.78, 5) is 0. The molecule has 0 atom stereocenters. The standard InChI is InChI=1S/3C11H17N.3BrH/c3*1-4-12-11(2,3)10-8-6-5-7-9-10;;;/h3*5-9,12H,4H2,1-3H3;3*1H. The van der Waals surface area contributed by atoms with Crippen LogP contribution in [0.2, 0.25) is 0 Å². The zero-order chi connectivity index (χ0) is 27.1. The van der Waals surface area contributed by atoms with Gasteiger partial charge in [0.1, 0.15) is 16.6 Å². The Balaban J connectivity index is -0.000000480. The van der Waals surface area contributed by atoms with Crippen LogP contribution in [0.4, 0.5) is 0 Å². The average molecular weight is 733 g/mol. The first-order chi connectivity index (χ1) is 17.0. The molecule has 0 saturated carbocycles. The van der Waals surface area contributed by atoms with E-state index in [-0.39, 0.29) is 67.6 Å². The minimum atomic E-state index is 0. The molecule has 0 bridgehead atoms. The van der Waals surface area contributed by atoms with Gasteiger partial charge < -0.3 is 66.9 Å². The zero-order valence-corrected chi connectivity index (χ0v) is 30.4. The van der Waals surface area contributed by atoms with Crippen molar-refractivity contribution in [3.05, 3.63) is 108 Å². The summed E-state index contributed by atoms with van der Waals surface area (Å²) in [5.41, 5.74) is 4.84. The van der Waals surface area contributed by atoms with Gasteiger partial charge in [-0.2, -0.15) is 0 Å². The summed E-state index contributed by atoms with van der Waals surface area (Å²) in [5, 5.41) is 7.05. The van der Waals surface area contributed by atoms with Gasteiger partial charge in [0.2, 0.25) is 0 Å². The number of rotatable bonds is 9. The van der Waals surface area contributed by atoms with E-state index in [4.69, 9.17) is 0 Å². The van der Waals surface area contributed by atoms with Crippen LogP contribution in [0.3, 0.4) is 0 Å². The molecule has 0 amide bonds. The number of halogens is 3. The number of benzene rings is 3. The van der Waals surface area contributed by atoms with Gasteiger partial charge in [0.25, 0.3) is 0 Å². The molecule has 0 saturated heterocycles. The summed E-state index contributed by atoms with van der Waals surface area (Å²) in [7, 11) is 0. The molecule has 0 aliphatic carbocycles. The van der Waals surface area contributed by atoms with Crippen molar-refractivity contribution in [1.82, 2.24) is 0 Å². The predicted molar refractivity (Wildman–Crippen MR) is 156 cm³/mol. The number of hydrogen-bond donors (Lipinski definition) is 3. The Kier molecular flexibility index (Phi) is 23.6. The quantitative estimate of drug-likeness (QED) is 0.199. The molecule has 0 radical (unpaired) electrons. The number of hydrogen-bond acceptors (Lipinski definition) is 0. The Labute approximate surface area is 271 Å². The van der Waals surface area contributed by atoms with Crippen LogP contribution >= 0.6 is 0 Å². The van der Waals surface area contributed by atoms with Crippen LogP contribution in [0.1, 0.15) is 79.0 Å². The van der Waals surface area contributed by atoms with Crippen LogP contribution < -0.4 is 66.9 Å². The molecule has 3 aromatic rings. The van der Waals surface area contributed by atoms with Crippen LogP contribution in [0.5, 0.6) is 0 Å². The van der Waals surface area contributed by atoms with Crippen molar-refractivity contribution >= 4 is 0 Å². The molecule has 3 nitrogen and oxygen atoms in total. The van der Waals surface area contributed by atoms with Crippen molar-refractivity contribution < 1.29 is 66.9 Å². The highest BCUT2D eigenvalue weighted by molar-refractivity contribution is 5.21. The predicted octanol–water partition coefficient (Wildman–Crippen LogP) is -4.47. The van der Waals surface area contributed by atoms with Crippen LogP contribution in [0, 0.1) is 0 Å². The minimum Gasteiger partial charge on any atom is -1.00 e. The molecular formula is C33H54Br3N3. The summed E-state index contributed by atoms with van der Waals surface area (Å²) in [6, 6.07) is 31.9. The lowest BCUT2D eigenvalue weighted by Crippen LogP contribution is -3.00. The lowest BCUT2D eigenvalue weighted by Gasteiger charge is -2.22. The van der Waals surface area contributed by atoms with Gasteiger partial charge in [0, 0.05) is 16.7 Å². The Morgan fingerprint density at radius 1 is 0.385 bits per heavy atom. The van der Waals surface area contributed by atoms with E-state index in [9.17, 15) is 0 Å². The van der Waals surface area contributed by atoms with E-state index < -0.39 is 0 Å². The molecule has 0 aliphatic rings. The van der Waals surface area contributed by atoms with Gasteiger partial charge in [-0.05, 0) is 62.3 Å². The second-order valence-corrected chi connectivity index (χ2v) is 11.1. The van der Waals surface area contributed by atoms with Crippen molar-refractivity contribution in [3.8, 4) is 0 Å². The summed E-state index contributed by atoms with van der Waals surface area (Å²) in [6.45, 7) is 23.5. The molecule has 0 unspecified atom stereocenters. The third-order valence-electron chi connectivity index (χ3n) is 6.70. The van der Waals surface area contributed by atoms with Crippen molar-refractivity contribution in [2.45, 2.75) is 78.9 Å². The van der Waals surface area contributed by atoms with Gasteiger partial charge in [-0.1, -0.05) is 91.0 Å². The molecule has 0 spiro atoms. The van der Waals surface area contributed by atoms with E-state index in [1.165, 1.54) is 16.7 Å². The Morgan fingerprint density at radius 2 is 0.564 bits per heavy atom. The Morgan fingerprint density at radius 3 is 0.718 bits per heavy atom. The van der Waals surface area contributed by atoms with Crippen molar-refractivity contribution in [1.29, 1.82) is 0 Å². The molecule has 0 aromatic heterocycles. The molecule has 0 heterocycles. The van der Waals surface area contributed by atoms with Crippen molar-refractivity contribution in [3.63, 3.8) is 0 Å². The van der Waals surface area contributed by atoms with E-state index in [1.54, 1.807) is 0 Å². The molecular weight excluding hydrogens is 678 g/mol. The normalized spacial score (nSPS) is 10.7. The second-order valence-electron chi connectivity index (χ2n) is 11.1. The monoisotopic (exact) mass is 729 g/mol. The fourth-order valence-corrected chi connectivity index (χ4v) is 4.49. The SMILES string of the molecule is CC[NH2+]C(C)(C)c1ccccc1.CC[NH2+]C(C)(C)c1ccccc1.CC[NH2+]C(C)(C)c1ccccc1.[Br-].[Br-].[Br-]. The first kappa shape index (κ1) is 42.4. The van der Waals surface area contributed by atoms with Gasteiger partial charge in [0.05, 0.1) is 19.6 Å². The fraction of sp³-hybridized carbons (Fsp3) is 0.455. The second kappa shape index (κ2) is 21.7. The Hall–Kier alpha value is -1.02. The van der Waals surface area contributed by atoms with Crippen LogP contribution in [0.25, 0.3) is 0 Å². The molecule has 6 heteroatoms. The highest BCUT2D eigenvalue weighted by Crippen LogP contribution is 2.15. The van der Waals surface area contributed by atoms with Gasteiger partial charge >= 0.3 is 0 Å². The van der Waals surface area contributed by atoms with E-state index in [0.29, 0.717) is 0 Å². The van der Waals surface area contributed by atoms with E-state index in [0.717, 1.165) is 19.6 Å². The van der Waals surface area contributed by atoms with Gasteiger partial charge in [-0.25, -0.2) is 0 Å². The van der Waals surface area contributed by atoms with Gasteiger partial charge in [-0.3, -0.25) is 0 Å². The number of quaternary nitrogens is 3. The fourth-order valence-electron chi connectivity index (χ4n) is 4.49. The van der Waals surface area contributed by atoms with Crippen molar-refractivity contribution in [2.75, 3.05) is 19.6 Å². The first-order valence-corrected chi connectivity index (χ1v) is 13.7. The molecule has 222 valence electrons. The molecule has 39 heavy (non-hydrogen) atoms. The third kappa shape index (κ3) is 16.1. The minimum absolute atomic E-state index is 0. The van der Waals surface area contributed by atoms with Crippen LogP contribution in [-0.4, -0.2) is 19.6 Å².